The van der Waals surface area contributed by atoms with Gasteiger partial charge in [-0.05, 0) is 45.9 Å². The summed E-state index contributed by atoms with van der Waals surface area (Å²) in [5.74, 6) is -0.893. The van der Waals surface area contributed by atoms with Crippen molar-refractivity contribution in [1.82, 2.24) is 9.78 Å². The predicted molar refractivity (Wildman–Crippen MR) is 96.9 cm³/mol. The minimum absolute atomic E-state index is 0.107. The zero-order chi connectivity index (χ0) is 19.6. The number of carbonyl (C=O) groups is 1. The van der Waals surface area contributed by atoms with E-state index in [4.69, 9.17) is 0 Å². The molecule has 1 heterocycles. The van der Waals surface area contributed by atoms with Gasteiger partial charge in [0.15, 0.2) is 0 Å². The Morgan fingerprint density at radius 2 is 2.08 bits per heavy atom. The second-order valence-corrected chi connectivity index (χ2v) is 6.35. The molecule has 1 aromatic carbocycles. The molecule has 0 atom stereocenters. The number of halogens is 1. The molecule has 0 aliphatic rings. The van der Waals surface area contributed by atoms with Crippen molar-refractivity contribution in [3.05, 3.63) is 45.5 Å². The maximum atomic E-state index is 14.3. The molecule has 0 aliphatic carbocycles. The molecule has 140 valence electrons. The third kappa shape index (κ3) is 3.98. The molecule has 0 saturated carbocycles. The fraction of sp³-hybridized carbons (Fsp3) is 0.412. The Morgan fingerprint density at radius 3 is 2.58 bits per heavy atom. The van der Waals surface area contributed by atoms with E-state index in [-0.39, 0.29) is 24.0 Å². The Kier molecular flexibility index (Phi) is 5.59. The smallest absolute Gasteiger partial charge is 0.312 e. The second kappa shape index (κ2) is 7.51. The molecule has 0 unspecified atom stereocenters. The fourth-order valence-electron chi connectivity index (χ4n) is 2.59. The molecule has 0 saturated heterocycles. The highest BCUT2D eigenvalue weighted by molar-refractivity contribution is 5.90. The molecule has 2 aromatic rings. The average Bonchev–Trinajstić information content (AvgIpc) is 2.80. The van der Waals surface area contributed by atoms with Crippen LogP contribution in [0.15, 0.2) is 18.2 Å². The van der Waals surface area contributed by atoms with Crippen LogP contribution >= 0.6 is 0 Å². The maximum Gasteiger partial charge on any atom is 0.312 e. The van der Waals surface area contributed by atoms with Crippen molar-refractivity contribution in [2.24, 2.45) is 0 Å². The van der Waals surface area contributed by atoms with E-state index in [1.165, 1.54) is 24.6 Å². The Hall–Kier alpha value is -2.97. The quantitative estimate of drug-likeness (QED) is 0.629. The third-order valence-corrected chi connectivity index (χ3v) is 4.21. The maximum absolute atomic E-state index is 14.3. The summed E-state index contributed by atoms with van der Waals surface area (Å²) in [6, 6.07) is 4.58. The van der Waals surface area contributed by atoms with Gasteiger partial charge in [0.2, 0.25) is 5.91 Å². The second-order valence-electron chi connectivity index (χ2n) is 6.35. The minimum Gasteiger partial charge on any atom is -0.370 e. The number of nitrogens with zero attached hydrogens (tertiary/aromatic N) is 4. The highest BCUT2D eigenvalue weighted by Crippen LogP contribution is 2.24. The van der Waals surface area contributed by atoms with Gasteiger partial charge in [0.1, 0.15) is 23.7 Å². The molecule has 26 heavy (non-hydrogen) atoms. The summed E-state index contributed by atoms with van der Waals surface area (Å²) in [4.78, 5) is 24.5. The van der Waals surface area contributed by atoms with Crippen LogP contribution in [0, 0.1) is 29.8 Å². The van der Waals surface area contributed by atoms with Crippen molar-refractivity contribution in [3.8, 4) is 0 Å². The number of anilines is 2. The number of hydrogen-bond donors (Lipinski definition) is 1. The SMILES string of the molecule is Cc1nn(CC(=O)Nc2ccc(N(C)C(C)C)c(F)c2)c(C)c1[N+](=O)[O-]. The van der Waals surface area contributed by atoms with Gasteiger partial charge >= 0.3 is 5.69 Å². The molecule has 1 N–H and O–H groups in total. The van der Waals surface area contributed by atoms with Crippen LogP contribution in [0.5, 0.6) is 0 Å². The van der Waals surface area contributed by atoms with Gasteiger partial charge in [0.05, 0.1) is 10.6 Å². The minimum atomic E-state index is -0.522. The number of benzene rings is 1. The molecular weight excluding hydrogens is 341 g/mol. The molecule has 1 aromatic heterocycles. The number of amides is 1. The Labute approximate surface area is 150 Å². The van der Waals surface area contributed by atoms with Gasteiger partial charge in [0.25, 0.3) is 0 Å². The third-order valence-electron chi connectivity index (χ3n) is 4.21. The highest BCUT2D eigenvalue weighted by atomic mass is 19.1. The first-order valence-electron chi connectivity index (χ1n) is 8.12. The molecule has 0 bridgehead atoms. The molecule has 0 spiro atoms. The van der Waals surface area contributed by atoms with E-state index >= 15 is 0 Å². The molecule has 8 nitrogen and oxygen atoms in total. The van der Waals surface area contributed by atoms with Crippen molar-refractivity contribution in [3.63, 3.8) is 0 Å². The molecular formula is C17H22FN5O3. The lowest BCUT2D eigenvalue weighted by molar-refractivity contribution is -0.386. The number of hydrogen-bond acceptors (Lipinski definition) is 5. The molecule has 1 amide bonds. The van der Waals surface area contributed by atoms with Crippen LogP contribution in [0.2, 0.25) is 0 Å². The zero-order valence-electron chi connectivity index (χ0n) is 15.4. The van der Waals surface area contributed by atoms with Crippen LogP contribution in [0.3, 0.4) is 0 Å². The van der Waals surface area contributed by atoms with Crippen molar-refractivity contribution >= 4 is 23.0 Å². The van der Waals surface area contributed by atoms with Gasteiger partial charge in [-0.1, -0.05) is 0 Å². The van der Waals surface area contributed by atoms with Gasteiger partial charge in [-0.25, -0.2) is 4.39 Å². The van der Waals surface area contributed by atoms with E-state index in [1.54, 1.807) is 24.1 Å². The van der Waals surface area contributed by atoms with Gasteiger partial charge in [0, 0.05) is 18.8 Å². The van der Waals surface area contributed by atoms with Gasteiger partial charge in [-0.15, -0.1) is 0 Å². The van der Waals surface area contributed by atoms with Crippen molar-refractivity contribution in [1.29, 1.82) is 0 Å². The van der Waals surface area contributed by atoms with E-state index in [9.17, 15) is 19.3 Å². The highest BCUT2D eigenvalue weighted by Gasteiger charge is 2.22. The lowest BCUT2D eigenvalue weighted by atomic mass is 10.2. The summed E-state index contributed by atoms with van der Waals surface area (Å²) in [6.07, 6.45) is 0. The van der Waals surface area contributed by atoms with Gasteiger partial charge < -0.3 is 10.2 Å². The summed E-state index contributed by atoms with van der Waals surface area (Å²) in [7, 11) is 1.79. The first-order chi connectivity index (χ1) is 12.1. The molecule has 2 rings (SSSR count). The van der Waals surface area contributed by atoms with Crippen LogP contribution in [0.25, 0.3) is 0 Å². The summed E-state index contributed by atoms with van der Waals surface area (Å²) < 4.78 is 15.5. The Bertz CT molecular complexity index is 847. The Morgan fingerprint density at radius 1 is 1.42 bits per heavy atom. The van der Waals surface area contributed by atoms with Crippen LogP contribution < -0.4 is 10.2 Å². The summed E-state index contributed by atoms with van der Waals surface area (Å²) in [6.45, 7) is 6.74. The van der Waals surface area contributed by atoms with Crippen molar-refractivity contribution in [2.45, 2.75) is 40.3 Å². The first kappa shape index (κ1) is 19.4. The number of aromatic nitrogens is 2. The largest absolute Gasteiger partial charge is 0.370 e. The van der Waals surface area contributed by atoms with Crippen molar-refractivity contribution in [2.75, 3.05) is 17.3 Å². The van der Waals surface area contributed by atoms with E-state index in [2.05, 4.69) is 10.4 Å². The topological polar surface area (TPSA) is 93.3 Å². The van der Waals surface area contributed by atoms with Crippen LogP contribution in [-0.2, 0) is 11.3 Å². The van der Waals surface area contributed by atoms with Crippen LogP contribution in [-0.4, -0.2) is 33.7 Å². The van der Waals surface area contributed by atoms with Gasteiger partial charge in [-0.2, -0.15) is 5.10 Å². The summed E-state index contributed by atoms with van der Waals surface area (Å²) in [5, 5.41) is 17.6. The standard InChI is InChI=1S/C17H22FN5O3/c1-10(2)21(5)15-7-6-13(8-14(15)18)19-16(24)9-22-12(4)17(23(25)26)11(3)20-22/h6-8,10H,9H2,1-5H3,(H,19,24). The summed E-state index contributed by atoms with van der Waals surface area (Å²) >= 11 is 0. The molecule has 0 radical (unpaired) electrons. The summed E-state index contributed by atoms with van der Waals surface area (Å²) in [5.41, 5.74) is 1.18. The van der Waals surface area contributed by atoms with E-state index in [0.29, 0.717) is 17.1 Å². The number of rotatable bonds is 6. The predicted octanol–water partition coefficient (Wildman–Crippen LogP) is 3.03. The van der Waals surface area contributed by atoms with E-state index < -0.39 is 16.6 Å². The van der Waals surface area contributed by atoms with E-state index in [1.807, 2.05) is 13.8 Å². The number of nitro groups is 1. The first-order valence-corrected chi connectivity index (χ1v) is 8.12. The molecule has 9 heteroatoms. The van der Waals surface area contributed by atoms with E-state index in [0.717, 1.165) is 0 Å². The molecule has 0 fully saturated rings. The van der Waals surface area contributed by atoms with Crippen LogP contribution in [0.1, 0.15) is 25.2 Å². The van der Waals surface area contributed by atoms with Gasteiger partial charge in [-0.3, -0.25) is 19.6 Å². The number of aryl methyl sites for hydroxylation is 1. The van der Waals surface area contributed by atoms with Crippen molar-refractivity contribution < 1.29 is 14.1 Å². The number of nitrogens with one attached hydrogen (secondary N) is 1. The zero-order valence-corrected chi connectivity index (χ0v) is 15.4. The molecule has 0 aliphatic heterocycles. The van der Waals surface area contributed by atoms with Crippen LogP contribution in [0.4, 0.5) is 21.5 Å². The average molecular weight is 363 g/mol. The lowest BCUT2D eigenvalue weighted by Crippen LogP contribution is -2.26. The number of carbonyl (C=O) groups excluding carboxylic acids is 1. The Balaban J connectivity index is 2.13. The fourth-order valence-corrected chi connectivity index (χ4v) is 2.59. The lowest BCUT2D eigenvalue weighted by Gasteiger charge is -2.24. The monoisotopic (exact) mass is 363 g/mol. The normalized spacial score (nSPS) is 10.9.